The normalized spacial score (nSPS) is 16.7. The maximum atomic E-state index is 12.5. The average Bonchev–Trinajstić information content (AvgIpc) is 3.43. The minimum atomic E-state index is -1.02. The molecule has 1 N–H and O–H groups in total. The molecule has 0 bridgehead atoms. The number of rotatable bonds is 6. The number of nitrogens with zero attached hydrogens (tertiary/aromatic N) is 3. The number of imide groups is 2. The number of anilines is 2. The highest BCUT2D eigenvalue weighted by Crippen LogP contribution is 2.24. The van der Waals surface area contributed by atoms with Crippen LogP contribution in [0.5, 0.6) is 0 Å². The highest BCUT2D eigenvalue weighted by Gasteiger charge is 2.45. The van der Waals surface area contributed by atoms with E-state index >= 15 is 0 Å². The lowest BCUT2D eigenvalue weighted by atomic mass is 10.2. The van der Waals surface area contributed by atoms with Gasteiger partial charge in [0.25, 0.3) is 0 Å². The van der Waals surface area contributed by atoms with E-state index in [1.807, 2.05) is 0 Å². The highest BCUT2D eigenvalue weighted by molar-refractivity contribution is 7.09. The van der Waals surface area contributed by atoms with Crippen LogP contribution in [0.25, 0.3) is 0 Å². The fourth-order valence-corrected chi connectivity index (χ4v) is 4.10. The van der Waals surface area contributed by atoms with Crippen LogP contribution < -0.4 is 10.2 Å². The zero-order chi connectivity index (χ0) is 21.3. The molecule has 10 heteroatoms. The standard InChI is InChI=1S/C20H18N4O5S/c25-16(21-13-4-1-5-14(10-13)22-8-2-7-17(22)26)12-24-19(28)18(27)23(20(24)29)11-15-6-3-9-30-15/h1,3-6,9-10H,2,7-8,11-12H2,(H,21,25). The van der Waals surface area contributed by atoms with Crippen molar-refractivity contribution in [2.45, 2.75) is 19.4 Å². The summed E-state index contributed by atoms with van der Waals surface area (Å²) >= 11 is 1.36. The molecule has 9 nitrogen and oxygen atoms in total. The Morgan fingerprint density at radius 2 is 1.83 bits per heavy atom. The van der Waals surface area contributed by atoms with E-state index < -0.39 is 30.3 Å². The lowest BCUT2D eigenvalue weighted by Crippen LogP contribution is -2.38. The number of hydrogen-bond donors (Lipinski definition) is 1. The molecule has 1 aromatic heterocycles. The molecule has 2 saturated heterocycles. The lowest BCUT2D eigenvalue weighted by molar-refractivity contribution is -0.143. The topological polar surface area (TPSA) is 107 Å². The highest BCUT2D eigenvalue weighted by atomic mass is 32.1. The second kappa shape index (κ2) is 8.07. The zero-order valence-electron chi connectivity index (χ0n) is 15.9. The minimum absolute atomic E-state index is 0.00883. The maximum absolute atomic E-state index is 12.5. The van der Waals surface area contributed by atoms with Gasteiger partial charge in [-0.25, -0.2) is 9.69 Å². The van der Waals surface area contributed by atoms with Crippen molar-refractivity contribution in [3.05, 3.63) is 46.7 Å². The lowest BCUT2D eigenvalue weighted by Gasteiger charge is -2.17. The second-order valence-corrected chi connectivity index (χ2v) is 7.92. The van der Waals surface area contributed by atoms with Crippen LogP contribution in [0.3, 0.4) is 0 Å². The molecular weight excluding hydrogens is 408 g/mol. The molecule has 0 radical (unpaired) electrons. The Labute approximate surface area is 175 Å². The Balaban J connectivity index is 1.41. The van der Waals surface area contributed by atoms with Gasteiger partial charge in [0.15, 0.2) is 0 Å². The van der Waals surface area contributed by atoms with E-state index in [0.717, 1.165) is 16.2 Å². The average molecular weight is 426 g/mol. The molecule has 2 aliphatic rings. The third-order valence-electron chi connectivity index (χ3n) is 4.85. The summed E-state index contributed by atoms with van der Waals surface area (Å²) in [5.74, 6) is -2.57. The molecule has 1 aromatic carbocycles. The number of carbonyl (C=O) groups excluding carboxylic acids is 5. The molecule has 3 heterocycles. The van der Waals surface area contributed by atoms with Gasteiger partial charge in [-0.3, -0.25) is 24.1 Å². The number of thiophene rings is 1. The van der Waals surface area contributed by atoms with Gasteiger partial charge >= 0.3 is 17.8 Å². The third-order valence-corrected chi connectivity index (χ3v) is 5.71. The van der Waals surface area contributed by atoms with Gasteiger partial charge in [-0.15, -0.1) is 11.3 Å². The SMILES string of the molecule is O=C(CN1C(=O)C(=O)N(Cc2cccs2)C1=O)Nc1cccc(N2CCCC2=O)c1. The van der Waals surface area contributed by atoms with E-state index in [0.29, 0.717) is 29.2 Å². The molecule has 0 saturated carbocycles. The first-order chi connectivity index (χ1) is 14.4. The summed E-state index contributed by atoms with van der Waals surface area (Å²) in [7, 11) is 0. The minimum Gasteiger partial charge on any atom is -0.324 e. The summed E-state index contributed by atoms with van der Waals surface area (Å²) < 4.78 is 0. The van der Waals surface area contributed by atoms with Gasteiger partial charge in [0.1, 0.15) is 6.54 Å². The van der Waals surface area contributed by atoms with Crippen LogP contribution in [0.4, 0.5) is 16.2 Å². The van der Waals surface area contributed by atoms with Crippen LogP contribution in [0.2, 0.25) is 0 Å². The van der Waals surface area contributed by atoms with Crippen molar-refractivity contribution < 1.29 is 24.0 Å². The van der Waals surface area contributed by atoms with E-state index in [1.165, 1.54) is 11.3 Å². The van der Waals surface area contributed by atoms with Crippen LogP contribution in [-0.2, 0) is 25.7 Å². The fourth-order valence-electron chi connectivity index (χ4n) is 3.40. The van der Waals surface area contributed by atoms with Crippen molar-refractivity contribution in [1.29, 1.82) is 0 Å². The number of nitrogens with one attached hydrogen (secondary N) is 1. The third kappa shape index (κ3) is 3.81. The number of amides is 6. The van der Waals surface area contributed by atoms with E-state index in [-0.39, 0.29) is 12.5 Å². The number of urea groups is 1. The number of benzene rings is 1. The molecule has 4 rings (SSSR count). The monoisotopic (exact) mass is 426 g/mol. The first-order valence-corrected chi connectivity index (χ1v) is 10.2. The van der Waals surface area contributed by atoms with Gasteiger partial charge in [0.05, 0.1) is 6.54 Å². The Morgan fingerprint density at radius 1 is 1.03 bits per heavy atom. The molecule has 6 amide bonds. The summed E-state index contributed by atoms with van der Waals surface area (Å²) in [4.78, 5) is 65.1. The van der Waals surface area contributed by atoms with Crippen LogP contribution in [0.15, 0.2) is 41.8 Å². The van der Waals surface area contributed by atoms with Crippen LogP contribution in [0, 0.1) is 0 Å². The van der Waals surface area contributed by atoms with Crippen molar-refractivity contribution >= 4 is 52.4 Å². The summed E-state index contributed by atoms with van der Waals surface area (Å²) in [6.45, 7) is 0.0392. The van der Waals surface area contributed by atoms with Crippen molar-refractivity contribution in [3.63, 3.8) is 0 Å². The number of carbonyl (C=O) groups is 5. The molecule has 154 valence electrons. The van der Waals surface area contributed by atoms with Crippen LogP contribution in [-0.4, -0.2) is 52.5 Å². The summed E-state index contributed by atoms with van der Waals surface area (Å²) in [6.07, 6.45) is 1.27. The van der Waals surface area contributed by atoms with Gasteiger partial charge in [-0.1, -0.05) is 12.1 Å². The first-order valence-electron chi connectivity index (χ1n) is 9.34. The smallest absolute Gasteiger partial charge is 0.324 e. The van der Waals surface area contributed by atoms with E-state index in [2.05, 4.69) is 5.32 Å². The fraction of sp³-hybridized carbons (Fsp3) is 0.250. The molecular formula is C20H18N4O5S. The first kappa shape index (κ1) is 19.8. The number of hydrogen-bond acceptors (Lipinski definition) is 6. The van der Waals surface area contributed by atoms with E-state index in [4.69, 9.17) is 0 Å². The Hall–Kier alpha value is -3.53. The molecule has 0 atom stereocenters. The van der Waals surface area contributed by atoms with Gasteiger partial charge in [0.2, 0.25) is 11.8 Å². The predicted octanol–water partition coefficient (Wildman–Crippen LogP) is 1.80. The van der Waals surface area contributed by atoms with Crippen molar-refractivity contribution in [2.75, 3.05) is 23.3 Å². The maximum Gasteiger partial charge on any atom is 0.335 e. The quantitative estimate of drug-likeness (QED) is 0.560. The van der Waals surface area contributed by atoms with E-state index in [9.17, 15) is 24.0 Å². The van der Waals surface area contributed by atoms with Gasteiger partial charge in [-0.05, 0) is 36.1 Å². The van der Waals surface area contributed by atoms with Crippen molar-refractivity contribution in [3.8, 4) is 0 Å². The molecule has 2 aromatic rings. The summed E-state index contributed by atoms with van der Waals surface area (Å²) in [6, 6.07) is 9.49. The molecule has 30 heavy (non-hydrogen) atoms. The Bertz CT molecular complexity index is 1040. The Morgan fingerprint density at radius 3 is 2.53 bits per heavy atom. The molecule has 0 spiro atoms. The van der Waals surface area contributed by atoms with E-state index in [1.54, 1.807) is 46.7 Å². The van der Waals surface area contributed by atoms with Gasteiger partial charge in [-0.2, -0.15) is 0 Å². The zero-order valence-corrected chi connectivity index (χ0v) is 16.7. The molecule has 0 aliphatic carbocycles. The van der Waals surface area contributed by atoms with Crippen molar-refractivity contribution in [1.82, 2.24) is 9.80 Å². The molecule has 0 unspecified atom stereocenters. The largest absolute Gasteiger partial charge is 0.335 e. The summed E-state index contributed by atoms with van der Waals surface area (Å²) in [5.41, 5.74) is 1.10. The summed E-state index contributed by atoms with van der Waals surface area (Å²) in [5, 5.41) is 4.42. The van der Waals surface area contributed by atoms with Crippen LogP contribution >= 0.6 is 11.3 Å². The molecule has 2 aliphatic heterocycles. The second-order valence-electron chi connectivity index (χ2n) is 6.89. The van der Waals surface area contributed by atoms with Gasteiger partial charge < -0.3 is 10.2 Å². The Kier molecular flexibility index (Phi) is 5.32. The van der Waals surface area contributed by atoms with Gasteiger partial charge in [0, 0.05) is 29.2 Å². The predicted molar refractivity (Wildman–Crippen MR) is 109 cm³/mol. The molecule has 2 fully saturated rings. The van der Waals surface area contributed by atoms with Crippen molar-refractivity contribution in [2.24, 2.45) is 0 Å². The van der Waals surface area contributed by atoms with Crippen LogP contribution in [0.1, 0.15) is 17.7 Å².